The zero-order chi connectivity index (χ0) is 22.3. The van der Waals surface area contributed by atoms with E-state index in [1.165, 1.54) is 4.31 Å². The van der Waals surface area contributed by atoms with Crippen molar-refractivity contribution in [2.24, 2.45) is 0 Å². The molecule has 0 bridgehead atoms. The number of nitrogens with one attached hydrogen (secondary N) is 1. The number of rotatable bonds is 9. The van der Waals surface area contributed by atoms with Crippen LogP contribution in [0.15, 0.2) is 53.4 Å². The Morgan fingerprint density at radius 1 is 1.06 bits per heavy atom. The number of aryl methyl sites for hydroxylation is 2. The molecule has 0 aromatic heterocycles. The lowest BCUT2D eigenvalue weighted by atomic mass is 10.1. The lowest BCUT2D eigenvalue weighted by molar-refractivity contribution is -0.119. The van der Waals surface area contributed by atoms with Crippen molar-refractivity contribution in [3.63, 3.8) is 0 Å². The average Bonchev–Trinajstić information content (AvgIpc) is 2.78. The molecule has 0 radical (unpaired) electrons. The predicted octanol–water partition coefficient (Wildman–Crippen LogP) is 2.34. The highest BCUT2D eigenvalue weighted by Gasteiger charge is 2.27. The molecule has 0 unspecified atom stereocenters. The molecule has 0 spiro atoms. The molecule has 1 aliphatic rings. The summed E-state index contributed by atoms with van der Waals surface area (Å²) in [6, 6.07) is 13.6. The number of carbonyl (C=O) groups excluding carboxylic acids is 1. The second-order valence-electron chi connectivity index (χ2n) is 7.75. The Hall–Kier alpha value is -2.42. The highest BCUT2D eigenvalue weighted by molar-refractivity contribution is 7.92. The molecule has 1 heterocycles. The van der Waals surface area contributed by atoms with Crippen LogP contribution in [0.2, 0.25) is 0 Å². The second-order valence-corrected chi connectivity index (χ2v) is 9.61. The Bertz CT molecular complexity index is 974. The third-order valence-electron chi connectivity index (χ3n) is 5.47. The molecule has 7 nitrogen and oxygen atoms in total. The van der Waals surface area contributed by atoms with Crippen molar-refractivity contribution in [3.8, 4) is 0 Å². The van der Waals surface area contributed by atoms with Gasteiger partial charge in [-0.05, 0) is 62.2 Å². The van der Waals surface area contributed by atoms with Gasteiger partial charge in [0.25, 0.3) is 10.0 Å². The van der Waals surface area contributed by atoms with Crippen molar-refractivity contribution in [1.82, 2.24) is 10.2 Å². The summed E-state index contributed by atoms with van der Waals surface area (Å²) in [5.41, 5.74) is 2.51. The normalized spacial score (nSPS) is 14.9. The van der Waals surface area contributed by atoms with Crippen LogP contribution in [0.4, 0.5) is 5.69 Å². The van der Waals surface area contributed by atoms with Gasteiger partial charge in [-0.15, -0.1) is 0 Å². The Balaban J connectivity index is 1.69. The van der Waals surface area contributed by atoms with Gasteiger partial charge >= 0.3 is 0 Å². The van der Waals surface area contributed by atoms with Gasteiger partial charge in [-0.3, -0.25) is 14.0 Å². The van der Waals surface area contributed by atoms with Crippen LogP contribution >= 0.6 is 0 Å². The van der Waals surface area contributed by atoms with E-state index in [0.29, 0.717) is 12.2 Å². The fraction of sp³-hybridized carbons (Fsp3) is 0.435. The Morgan fingerprint density at radius 2 is 1.77 bits per heavy atom. The van der Waals surface area contributed by atoms with Crippen LogP contribution < -0.4 is 9.62 Å². The van der Waals surface area contributed by atoms with E-state index in [9.17, 15) is 13.2 Å². The molecule has 2 aromatic rings. The van der Waals surface area contributed by atoms with Gasteiger partial charge in [-0.1, -0.05) is 24.3 Å². The van der Waals surface area contributed by atoms with E-state index < -0.39 is 10.0 Å². The minimum Gasteiger partial charge on any atom is -0.379 e. The van der Waals surface area contributed by atoms with Gasteiger partial charge in [0.1, 0.15) is 6.54 Å². The number of ether oxygens (including phenoxy) is 1. The second kappa shape index (κ2) is 10.7. The fourth-order valence-corrected chi connectivity index (χ4v) is 4.89. The minimum atomic E-state index is -3.88. The Labute approximate surface area is 185 Å². The fourth-order valence-electron chi connectivity index (χ4n) is 3.46. The number of anilines is 1. The standard InChI is InChI=1S/C23H31N3O4S/c1-19-9-10-21(17-20(19)2)26(31(28,29)22-7-4-3-5-8-22)18-23(27)24-11-6-12-25-13-15-30-16-14-25/h3-5,7-10,17H,6,11-16,18H2,1-2H3,(H,24,27). The summed E-state index contributed by atoms with van der Waals surface area (Å²) in [5, 5.41) is 2.87. The number of carbonyl (C=O) groups is 1. The van der Waals surface area contributed by atoms with Crippen LogP contribution in [0.1, 0.15) is 17.5 Å². The largest absolute Gasteiger partial charge is 0.379 e. The van der Waals surface area contributed by atoms with Crippen LogP contribution in [0, 0.1) is 13.8 Å². The van der Waals surface area contributed by atoms with Crippen LogP contribution in [0.5, 0.6) is 0 Å². The third kappa shape index (κ3) is 6.29. The summed E-state index contributed by atoms with van der Waals surface area (Å²) in [6.07, 6.45) is 0.806. The number of hydrogen-bond donors (Lipinski definition) is 1. The molecule has 0 atom stereocenters. The van der Waals surface area contributed by atoms with Crippen LogP contribution in [-0.4, -0.2) is 65.2 Å². The topological polar surface area (TPSA) is 79.0 Å². The molecule has 1 amide bonds. The highest BCUT2D eigenvalue weighted by atomic mass is 32.2. The van der Waals surface area contributed by atoms with Crippen molar-refractivity contribution in [3.05, 3.63) is 59.7 Å². The van der Waals surface area contributed by atoms with Crippen LogP contribution in [-0.2, 0) is 19.6 Å². The van der Waals surface area contributed by atoms with Crippen molar-refractivity contribution in [2.45, 2.75) is 25.2 Å². The van der Waals surface area contributed by atoms with E-state index >= 15 is 0 Å². The van der Waals surface area contributed by atoms with E-state index in [4.69, 9.17) is 4.74 Å². The predicted molar refractivity (Wildman–Crippen MR) is 122 cm³/mol. The van der Waals surface area contributed by atoms with Gasteiger partial charge < -0.3 is 10.1 Å². The van der Waals surface area contributed by atoms with Gasteiger partial charge in [0.05, 0.1) is 23.8 Å². The van der Waals surface area contributed by atoms with E-state index in [0.717, 1.165) is 50.4 Å². The lowest BCUT2D eigenvalue weighted by Crippen LogP contribution is -2.42. The first kappa shape index (κ1) is 23.2. The number of morpholine rings is 1. The first-order valence-corrected chi connectivity index (χ1v) is 12.0. The summed E-state index contributed by atoms with van der Waals surface area (Å²) in [7, 11) is -3.88. The van der Waals surface area contributed by atoms with Crippen molar-refractivity contribution >= 4 is 21.6 Å². The molecule has 31 heavy (non-hydrogen) atoms. The van der Waals surface area contributed by atoms with Gasteiger partial charge in [0.2, 0.25) is 5.91 Å². The molecule has 168 valence electrons. The molecule has 0 aliphatic carbocycles. The monoisotopic (exact) mass is 445 g/mol. The van der Waals surface area contributed by atoms with Gasteiger partial charge in [-0.2, -0.15) is 0 Å². The quantitative estimate of drug-likeness (QED) is 0.600. The molecular formula is C23H31N3O4S. The maximum absolute atomic E-state index is 13.3. The van der Waals surface area contributed by atoms with E-state index in [1.807, 2.05) is 26.0 Å². The summed E-state index contributed by atoms with van der Waals surface area (Å²) < 4.78 is 33.2. The first-order chi connectivity index (χ1) is 14.9. The first-order valence-electron chi connectivity index (χ1n) is 10.6. The SMILES string of the molecule is Cc1ccc(N(CC(=O)NCCCN2CCOCC2)S(=O)(=O)c2ccccc2)cc1C. The zero-order valence-electron chi connectivity index (χ0n) is 18.2. The zero-order valence-corrected chi connectivity index (χ0v) is 19.0. The van der Waals surface area contributed by atoms with Crippen LogP contribution in [0.25, 0.3) is 0 Å². The summed E-state index contributed by atoms with van der Waals surface area (Å²) in [4.78, 5) is 15.1. The summed E-state index contributed by atoms with van der Waals surface area (Å²) in [5.74, 6) is -0.320. The van der Waals surface area contributed by atoms with Crippen molar-refractivity contribution in [2.75, 3.05) is 50.2 Å². The van der Waals surface area contributed by atoms with Crippen molar-refractivity contribution in [1.29, 1.82) is 0 Å². The molecule has 1 N–H and O–H groups in total. The van der Waals surface area contributed by atoms with Crippen LogP contribution in [0.3, 0.4) is 0 Å². The molecule has 3 rings (SSSR count). The average molecular weight is 446 g/mol. The van der Waals surface area contributed by atoms with Gasteiger partial charge in [0.15, 0.2) is 0 Å². The minimum absolute atomic E-state index is 0.161. The number of hydrogen-bond acceptors (Lipinski definition) is 5. The third-order valence-corrected chi connectivity index (χ3v) is 7.26. The van der Waals surface area contributed by atoms with Gasteiger partial charge in [0, 0.05) is 19.6 Å². The highest BCUT2D eigenvalue weighted by Crippen LogP contribution is 2.25. The summed E-state index contributed by atoms with van der Waals surface area (Å²) in [6.45, 7) is 8.32. The molecular weight excluding hydrogens is 414 g/mol. The van der Waals surface area contributed by atoms with E-state index in [1.54, 1.807) is 36.4 Å². The number of nitrogens with zero attached hydrogens (tertiary/aromatic N) is 2. The maximum Gasteiger partial charge on any atom is 0.264 e. The molecule has 1 saturated heterocycles. The smallest absolute Gasteiger partial charge is 0.264 e. The Kier molecular flexibility index (Phi) is 8.06. The maximum atomic E-state index is 13.3. The number of amides is 1. The van der Waals surface area contributed by atoms with Crippen molar-refractivity contribution < 1.29 is 17.9 Å². The summed E-state index contributed by atoms with van der Waals surface area (Å²) >= 11 is 0. The molecule has 8 heteroatoms. The Morgan fingerprint density at radius 3 is 2.45 bits per heavy atom. The molecule has 0 saturated carbocycles. The number of benzene rings is 2. The van der Waals surface area contributed by atoms with Gasteiger partial charge in [-0.25, -0.2) is 8.42 Å². The van der Waals surface area contributed by atoms with E-state index in [2.05, 4.69) is 10.2 Å². The number of sulfonamides is 1. The molecule has 1 fully saturated rings. The molecule has 2 aromatic carbocycles. The molecule has 1 aliphatic heterocycles. The lowest BCUT2D eigenvalue weighted by Gasteiger charge is -2.27. The van der Waals surface area contributed by atoms with E-state index in [-0.39, 0.29) is 17.3 Å².